The Hall–Kier alpha value is -1.31. The standard InChI is InChI=1S/C13H15N3O2S2/c17-12(6-10-8-19-9-15-10)16(13-14-3-5-20-13)7-11-2-1-4-18-11/h3,5,8-9,11H,1-2,4,6-7H2. The minimum atomic E-state index is 0.0290. The highest BCUT2D eigenvalue weighted by molar-refractivity contribution is 7.13. The second-order valence-corrected chi connectivity index (χ2v) is 6.20. The summed E-state index contributed by atoms with van der Waals surface area (Å²) >= 11 is 2.98. The Kier molecular flexibility index (Phi) is 4.39. The van der Waals surface area contributed by atoms with Crippen molar-refractivity contribution in [2.24, 2.45) is 0 Å². The molecule has 1 saturated heterocycles. The Labute approximate surface area is 125 Å². The zero-order chi connectivity index (χ0) is 13.8. The van der Waals surface area contributed by atoms with Gasteiger partial charge in [0.25, 0.3) is 0 Å². The van der Waals surface area contributed by atoms with Crippen molar-refractivity contribution in [1.82, 2.24) is 9.97 Å². The van der Waals surface area contributed by atoms with Gasteiger partial charge in [-0.05, 0) is 12.8 Å². The first-order valence-electron chi connectivity index (χ1n) is 6.51. The fraction of sp³-hybridized carbons (Fsp3) is 0.462. The molecule has 3 heterocycles. The van der Waals surface area contributed by atoms with Crippen LogP contribution in [0.25, 0.3) is 0 Å². The van der Waals surface area contributed by atoms with Crippen molar-refractivity contribution in [3.63, 3.8) is 0 Å². The molecule has 2 aromatic heterocycles. The van der Waals surface area contributed by atoms with Crippen molar-refractivity contribution in [2.45, 2.75) is 25.4 Å². The zero-order valence-electron chi connectivity index (χ0n) is 10.9. The van der Waals surface area contributed by atoms with Gasteiger partial charge in [-0.3, -0.25) is 9.69 Å². The molecule has 1 unspecified atom stereocenters. The van der Waals surface area contributed by atoms with E-state index in [0.29, 0.717) is 13.0 Å². The van der Waals surface area contributed by atoms with E-state index < -0.39 is 0 Å². The van der Waals surface area contributed by atoms with E-state index in [-0.39, 0.29) is 12.0 Å². The van der Waals surface area contributed by atoms with E-state index >= 15 is 0 Å². The number of rotatable bonds is 5. The molecule has 1 aliphatic heterocycles. The van der Waals surface area contributed by atoms with Crippen molar-refractivity contribution in [3.05, 3.63) is 28.2 Å². The van der Waals surface area contributed by atoms with Gasteiger partial charge in [0, 0.05) is 23.6 Å². The molecule has 0 aliphatic carbocycles. The molecule has 1 atom stereocenters. The normalized spacial score (nSPS) is 18.3. The maximum absolute atomic E-state index is 12.5. The molecule has 3 rings (SSSR count). The van der Waals surface area contributed by atoms with Gasteiger partial charge in [0.1, 0.15) is 0 Å². The number of carbonyl (C=O) groups is 1. The summed E-state index contributed by atoms with van der Waals surface area (Å²) in [6.45, 7) is 1.37. The van der Waals surface area contributed by atoms with Crippen LogP contribution in [0.2, 0.25) is 0 Å². The molecule has 1 aliphatic rings. The third kappa shape index (κ3) is 3.23. The third-order valence-electron chi connectivity index (χ3n) is 3.18. The van der Waals surface area contributed by atoms with Crippen LogP contribution in [0.3, 0.4) is 0 Å². The summed E-state index contributed by atoms with van der Waals surface area (Å²) in [5.74, 6) is 0.0290. The lowest BCUT2D eigenvalue weighted by atomic mass is 10.2. The number of anilines is 1. The molecule has 0 aromatic carbocycles. The lowest BCUT2D eigenvalue weighted by molar-refractivity contribution is -0.118. The smallest absolute Gasteiger partial charge is 0.234 e. The van der Waals surface area contributed by atoms with Crippen LogP contribution >= 0.6 is 22.7 Å². The highest BCUT2D eigenvalue weighted by Gasteiger charge is 2.25. The maximum Gasteiger partial charge on any atom is 0.234 e. The van der Waals surface area contributed by atoms with Gasteiger partial charge in [-0.2, -0.15) is 0 Å². The van der Waals surface area contributed by atoms with Gasteiger partial charge in [-0.25, -0.2) is 9.97 Å². The van der Waals surface area contributed by atoms with Crippen LogP contribution in [-0.4, -0.2) is 35.1 Å². The van der Waals surface area contributed by atoms with E-state index in [1.807, 2.05) is 10.8 Å². The highest BCUT2D eigenvalue weighted by Crippen LogP contribution is 2.22. The molecular formula is C13H15N3O2S2. The van der Waals surface area contributed by atoms with Gasteiger partial charge in [0.05, 0.1) is 30.3 Å². The summed E-state index contributed by atoms with van der Waals surface area (Å²) in [4.78, 5) is 22.7. The Morgan fingerprint density at radius 3 is 3.10 bits per heavy atom. The SMILES string of the molecule is O=C(Cc1cscn1)N(CC1CCCO1)c1nccs1. The van der Waals surface area contributed by atoms with Crippen molar-refractivity contribution in [1.29, 1.82) is 0 Å². The number of carbonyl (C=O) groups excluding carboxylic acids is 1. The minimum absolute atomic E-state index is 0.0290. The fourth-order valence-corrected chi connectivity index (χ4v) is 3.43. The number of hydrogen-bond donors (Lipinski definition) is 0. The molecule has 5 nitrogen and oxygen atoms in total. The largest absolute Gasteiger partial charge is 0.376 e. The van der Waals surface area contributed by atoms with Crippen molar-refractivity contribution in [3.8, 4) is 0 Å². The minimum Gasteiger partial charge on any atom is -0.376 e. The number of aromatic nitrogens is 2. The second-order valence-electron chi connectivity index (χ2n) is 4.61. The van der Waals surface area contributed by atoms with Crippen LogP contribution in [0.15, 0.2) is 22.5 Å². The molecule has 20 heavy (non-hydrogen) atoms. The summed E-state index contributed by atoms with van der Waals surface area (Å²) in [6, 6.07) is 0. The molecule has 2 aromatic rings. The highest BCUT2D eigenvalue weighted by atomic mass is 32.1. The molecule has 106 valence electrons. The first-order chi connectivity index (χ1) is 9.83. The molecule has 1 fully saturated rings. The van der Waals surface area contributed by atoms with Gasteiger partial charge >= 0.3 is 0 Å². The predicted molar refractivity (Wildman–Crippen MR) is 79.3 cm³/mol. The van der Waals surface area contributed by atoms with Crippen molar-refractivity contribution >= 4 is 33.7 Å². The van der Waals surface area contributed by atoms with Crippen LogP contribution < -0.4 is 4.90 Å². The average molecular weight is 309 g/mol. The lowest BCUT2D eigenvalue weighted by Gasteiger charge is -2.22. The number of thiazole rings is 2. The van der Waals surface area contributed by atoms with E-state index in [4.69, 9.17) is 4.74 Å². The molecule has 1 amide bonds. The summed E-state index contributed by atoms with van der Waals surface area (Å²) in [5, 5.41) is 4.53. The van der Waals surface area contributed by atoms with E-state index in [1.165, 1.54) is 22.7 Å². The number of ether oxygens (including phenoxy) is 1. The Bertz CT molecular complexity index is 536. The second kappa shape index (κ2) is 6.43. The summed E-state index contributed by atoms with van der Waals surface area (Å²) in [7, 11) is 0. The van der Waals surface area contributed by atoms with E-state index in [1.54, 1.807) is 16.6 Å². The van der Waals surface area contributed by atoms with Crippen molar-refractivity contribution in [2.75, 3.05) is 18.1 Å². The van der Waals surface area contributed by atoms with Crippen LogP contribution in [0, 0.1) is 0 Å². The third-order valence-corrected chi connectivity index (χ3v) is 4.61. The van der Waals surface area contributed by atoms with Gasteiger partial charge in [-0.1, -0.05) is 0 Å². The summed E-state index contributed by atoms with van der Waals surface area (Å²) in [6.07, 6.45) is 4.23. The number of hydrogen-bond acceptors (Lipinski definition) is 6. The van der Waals surface area contributed by atoms with Gasteiger partial charge < -0.3 is 4.74 Å². The zero-order valence-corrected chi connectivity index (χ0v) is 12.5. The average Bonchev–Trinajstić information content (AvgIpc) is 3.19. The maximum atomic E-state index is 12.5. The Balaban J connectivity index is 1.72. The summed E-state index contributed by atoms with van der Waals surface area (Å²) in [5.41, 5.74) is 2.56. The molecule has 0 radical (unpaired) electrons. The van der Waals surface area contributed by atoms with Crippen LogP contribution in [0.1, 0.15) is 18.5 Å². The molecule has 0 saturated carbocycles. The fourth-order valence-electron chi connectivity index (χ4n) is 2.20. The van der Waals surface area contributed by atoms with Crippen LogP contribution in [-0.2, 0) is 16.0 Å². The van der Waals surface area contributed by atoms with Crippen LogP contribution in [0.4, 0.5) is 5.13 Å². The number of amides is 1. The monoisotopic (exact) mass is 309 g/mol. The molecular weight excluding hydrogens is 294 g/mol. The lowest BCUT2D eigenvalue weighted by Crippen LogP contribution is -2.38. The summed E-state index contributed by atoms with van der Waals surface area (Å²) < 4.78 is 5.64. The van der Waals surface area contributed by atoms with E-state index in [2.05, 4.69) is 9.97 Å². The quantitative estimate of drug-likeness (QED) is 0.851. The molecule has 7 heteroatoms. The Morgan fingerprint density at radius 1 is 1.50 bits per heavy atom. The van der Waals surface area contributed by atoms with Gasteiger partial charge in [-0.15, -0.1) is 22.7 Å². The molecule has 0 bridgehead atoms. The van der Waals surface area contributed by atoms with Gasteiger partial charge in [0.2, 0.25) is 5.91 Å². The first-order valence-corrected chi connectivity index (χ1v) is 8.33. The predicted octanol–water partition coefficient (Wildman–Crippen LogP) is 2.35. The topological polar surface area (TPSA) is 55.3 Å². The first kappa shape index (κ1) is 13.7. The molecule has 0 N–H and O–H groups in total. The van der Waals surface area contributed by atoms with Crippen LogP contribution in [0.5, 0.6) is 0 Å². The Morgan fingerprint density at radius 2 is 2.45 bits per heavy atom. The van der Waals surface area contributed by atoms with Crippen molar-refractivity contribution < 1.29 is 9.53 Å². The van der Waals surface area contributed by atoms with E-state index in [0.717, 1.165) is 30.3 Å². The molecule has 0 spiro atoms. The van der Waals surface area contributed by atoms with Gasteiger partial charge in [0.15, 0.2) is 5.13 Å². The van der Waals surface area contributed by atoms with E-state index in [9.17, 15) is 4.79 Å². The number of nitrogens with zero attached hydrogens (tertiary/aromatic N) is 3.